The van der Waals surface area contributed by atoms with Crippen molar-refractivity contribution in [1.29, 1.82) is 0 Å². The van der Waals surface area contributed by atoms with Crippen molar-refractivity contribution in [1.82, 2.24) is 5.16 Å². The number of benzene rings is 2. The Morgan fingerprint density at radius 3 is 2.54 bits per heavy atom. The molecule has 28 heavy (non-hydrogen) atoms. The van der Waals surface area contributed by atoms with E-state index in [1.807, 2.05) is 0 Å². The monoisotopic (exact) mass is 400 g/mol. The third-order valence-corrected chi connectivity index (χ3v) is 4.24. The summed E-state index contributed by atoms with van der Waals surface area (Å²) in [6, 6.07) is 13.7. The first-order chi connectivity index (χ1) is 13.5. The van der Waals surface area contributed by atoms with Gasteiger partial charge in [0, 0.05) is 11.3 Å². The second kappa shape index (κ2) is 8.58. The molecule has 0 unspecified atom stereocenters. The van der Waals surface area contributed by atoms with Crippen LogP contribution in [-0.4, -0.2) is 30.7 Å². The van der Waals surface area contributed by atoms with Crippen molar-refractivity contribution in [2.24, 2.45) is 0 Å². The first-order valence-electron chi connectivity index (χ1n) is 8.31. The van der Waals surface area contributed by atoms with E-state index in [4.69, 9.17) is 20.9 Å². The molecular formula is C20H17ClN2O5. The minimum absolute atomic E-state index is 0.191. The second-order valence-corrected chi connectivity index (χ2v) is 6.19. The van der Waals surface area contributed by atoms with Gasteiger partial charge in [0.05, 0.1) is 12.1 Å². The van der Waals surface area contributed by atoms with Crippen LogP contribution in [-0.2, 0) is 9.53 Å². The number of rotatable bonds is 6. The van der Waals surface area contributed by atoms with Gasteiger partial charge in [0.2, 0.25) is 0 Å². The lowest BCUT2D eigenvalue weighted by molar-refractivity contribution is -0.142. The maximum Gasteiger partial charge on any atom is 0.343 e. The van der Waals surface area contributed by atoms with Gasteiger partial charge in [-0.2, -0.15) is 0 Å². The summed E-state index contributed by atoms with van der Waals surface area (Å²) >= 11 is 6.22. The zero-order valence-electron chi connectivity index (χ0n) is 15.2. The molecular weight excluding hydrogens is 384 g/mol. The summed E-state index contributed by atoms with van der Waals surface area (Å²) in [4.78, 5) is 23.9. The van der Waals surface area contributed by atoms with Gasteiger partial charge in [0.25, 0.3) is 5.91 Å². The van der Waals surface area contributed by atoms with Crippen LogP contribution < -0.4 is 10.1 Å². The van der Waals surface area contributed by atoms with Crippen LogP contribution in [0.2, 0.25) is 5.02 Å². The van der Waals surface area contributed by atoms with Crippen LogP contribution in [0.15, 0.2) is 53.1 Å². The van der Waals surface area contributed by atoms with Crippen LogP contribution in [0.5, 0.6) is 5.75 Å². The predicted molar refractivity (Wildman–Crippen MR) is 104 cm³/mol. The highest BCUT2D eigenvalue weighted by atomic mass is 35.5. The molecule has 0 fully saturated rings. The summed E-state index contributed by atoms with van der Waals surface area (Å²) in [7, 11) is 1.29. The summed E-state index contributed by atoms with van der Waals surface area (Å²) in [6.45, 7) is 1.47. The van der Waals surface area contributed by atoms with Crippen molar-refractivity contribution in [2.45, 2.75) is 6.92 Å². The van der Waals surface area contributed by atoms with Crippen molar-refractivity contribution in [2.75, 3.05) is 19.0 Å². The quantitative estimate of drug-likeness (QED) is 0.626. The molecule has 0 aliphatic carbocycles. The normalized spacial score (nSPS) is 10.4. The molecule has 3 aromatic rings. The maximum absolute atomic E-state index is 12.8. The highest BCUT2D eigenvalue weighted by Crippen LogP contribution is 2.31. The maximum atomic E-state index is 12.8. The Morgan fingerprint density at radius 2 is 1.86 bits per heavy atom. The second-order valence-electron chi connectivity index (χ2n) is 5.79. The van der Waals surface area contributed by atoms with Crippen LogP contribution in [0.1, 0.15) is 16.1 Å². The van der Waals surface area contributed by atoms with Crippen molar-refractivity contribution in [3.8, 4) is 17.0 Å². The van der Waals surface area contributed by atoms with Crippen molar-refractivity contribution < 1.29 is 23.6 Å². The number of carbonyl (C=O) groups is 2. The van der Waals surface area contributed by atoms with Gasteiger partial charge in [-0.15, -0.1) is 0 Å². The summed E-state index contributed by atoms with van der Waals surface area (Å²) in [5, 5.41) is 7.25. The number of amides is 1. The first-order valence-corrected chi connectivity index (χ1v) is 8.69. The Balaban J connectivity index is 1.76. The number of carbonyl (C=O) groups excluding carboxylic acids is 2. The zero-order chi connectivity index (χ0) is 20.1. The molecule has 1 heterocycles. The van der Waals surface area contributed by atoms with Crippen LogP contribution >= 0.6 is 11.6 Å². The lowest BCUT2D eigenvalue weighted by atomic mass is 10.1. The lowest BCUT2D eigenvalue weighted by Crippen LogP contribution is -2.14. The highest BCUT2D eigenvalue weighted by Gasteiger charge is 2.23. The molecule has 1 N–H and O–H groups in total. The molecule has 3 rings (SSSR count). The van der Waals surface area contributed by atoms with E-state index in [0.29, 0.717) is 39.0 Å². The largest absolute Gasteiger partial charge is 0.482 e. The van der Waals surface area contributed by atoms with Gasteiger partial charge < -0.3 is 19.3 Å². The van der Waals surface area contributed by atoms with Gasteiger partial charge >= 0.3 is 5.97 Å². The fraction of sp³-hybridized carbons (Fsp3) is 0.150. The Morgan fingerprint density at radius 1 is 1.14 bits per heavy atom. The van der Waals surface area contributed by atoms with Crippen LogP contribution in [0.4, 0.5) is 5.69 Å². The van der Waals surface area contributed by atoms with Crippen LogP contribution in [0.3, 0.4) is 0 Å². The molecule has 0 spiro atoms. The van der Waals surface area contributed by atoms with Gasteiger partial charge in [-0.3, -0.25) is 4.79 Å². The number of halogens is 1. The van der Waals surface area contributed by atoms with Gasteiger partial charge in [-0.05, 0) is 37.3 Å². The minimum Gasteiger partial charge on any atom is -0.482 e. The zero-order valence-corrected chi connectivity index (χ0v) is 15.9. The van der Waals surface area contributed by atoms with Gasteiger partial charge in [-0.1, -0.05) is 35.0 Å². The van der Waals surface area contributed by atoms with E-state index in [-0.39, 0.29) is 12.5 Å². The number of esters is 1. The topological polar surface area (TPSA) is 90.7 Å². The molecule has 0 radical (unpaired) electrons. The number of anilines is 1. The molecule has 2 aromatic carbocycles. The number of hydrogen-bond donors (Lipinski definition) is 1. The van der Waals surface area contributed by atoms with Crippen molar-refractivity contribution >= 4 is 29.2 Å². The SMILES string of the molecule is COC(=O)COc1ccc(NC(=O)c2c(-c3ccccc3Cl)noc2C)cc1. The Labute approximate surface area is 166 Å². The van der Waals surface area contributed by atoms with Gasteiger partial charge in [0.15, 0.2) is 6.61 Å². The number of aryl methyl sites for hydroxylation is 1. The fourth-order valence-electron chi connectivity index (χ4n) is 2.51. The van der Waals surface area contributed by atoms with Crippen LogP contribution in [0.25, 0.3) is 11.3 Å². The lowest BCUT2D eigenvalue weighted by Gasteiger charge is -2.08. The van der Waals surface area contributed by atoms with E-state index in [1.165, 1.54) is 7.11 Å². The third-order valence-electron chi connectivity index (χ3n) is 3.92. The molecule has 0 aliphatic heterocycles. The molecule has 0 aliphatic rings. The van der Waals surface area contributed by atoms with E-state index in [2.05, 4.69) is 15.2 Å². The summed E-state index contributed by atoms with van der Waals surface area (Å²) in [6.07, 6.45) is 0. The fourth-order valence-corrected chi connectivity index (χ4v) is 2.73. The van der Waals surface area contributed by atoms with Crippen molar-refractivity contribution in [3.63, 3.8) is 0 Å². The number of ether oxygens (including phenoxy) is 2. The summed E-state index contributed by atoms with van der Waals surface area (Å²) in [5.74, 6) is -0.00363. The number of nitrogens with zero attached hydrogens (tertiary/aromatic N) is 1. The van der Waals surface area contributed by atoms with Crippen molar-refractivity contribution in [3.05, 3.63) is 64.9 Å². The summed E-state index contributed by atoms with van der Waals surface area (Å²) in [5.41, 5.74) is 1.83. The molecule has 7 nitrogen and oxygen atoms in total. The minimum atomic E-state index is -0.479. The van der Waals surface area contributed by atoms with E-state index < -0.39 is 5.97 Å². The summed E-state index contributed by atoms with van der Waals surface area (Å²) < 4.78 is 15.0. The molecule has 0 atom stereocenters. The molecule has 0 saturated carbocycles. The van der Waals surface area contributed by atoms with Gasteiger partial charge in [-0.25, -0.2) is 4.79 Å². The highest BCUT2D eigenvalue weighted by molar-refractivity contribution is 6.33. The number of aromatic nitrogens is 1. The number of nitrogens with one attached hydrogen (secondary N) is 1. The van der Waals surface area contributed by atoms with E-state index in [9.17, 15) is 9.59 Å². The Bertz CT molecular complexity index is 998. The number of methoxy groups -OCH3 is 1. The standard InChI is InChI=1S/C20H17ClN2O5/c1-12-18(19(23-28-12)15-5-3-4-6-16(15)21)20(25)22-13-7-9-14(10-8-13)27-11-17(24)26-2/h3-10H,11H2,1-2H3,(H,22,25). The van der Waals surface area contributed by atoms with E-state index in [1.54, 1.807) is 55.5 Å². The molecule has 1 amide bonds. The molecule has 0 saturated heterocycles. The van der Waals surface area contributed by atoms with Gasteiger partial charge in [0.1, 0.15) is 22.8 Å². The number of hydrogen-bond acceptors (Lipinski definition) is 6. The Hall–Kier alpha value is -3.32. The molecule has 144 valence electrons. The predicted octanol–water partition coefficient (Wildman–Crippen LogP) is 4.11. The smallest absolute Gasteiger partial charge is 0.343 e. The average Bonchev–Trinajstić information content (AvgIpc) is 3.08. The average molecular weight is 401 g/mol. The van der Waals surface area contributed by atoms with E-state index >= 15 is 0 Å². The molecule has 1 aromatic heterocycles. The third kappa shape index (κ3) is 4.32. The van der Waals surface area contributed by atoms with Crippen LogP contribution in [0, 0.1) is 6.92 Å². The first kappa shape index (κ1) is 19.4. The molecule has 8 heteroatoms. The van der Waals surface area contributed by atoms with E-state index in [0.717, 1.165) is 0 Å². The Kier molecular flexibility index (Phi) is 5.96. The molecule has 0 bridgehead atoms.